The van der Waals surface area contributed by atoms with Crippen molar-refractivity contribution >= 4 is 11.6 Å². The van der Waals surface area contributed by atoms with Gasteiger partial charge in [0.1, 0.15) is 17.0 Å². The summed E-state index contributed by atoms with van der Waals surface area (Å²) in [6, 6.07) is 17.9. The number of amides is 1. The lowest BCUT2D eigenvalue weighted by Gasteiger charge is -2.22. The van der Waals surface area contributed by atoms with Crippen LogP contribution in [0.2, 0.25) is 0 Å². The minimum absolute atomic E-state index is 0.0509. The number of carbonyl (C=O) groups is 1. The molecule has 120 valence electrons. The number of rotatable bonds is 2. The van der Waals surface area contributed by atoms with Gasteiger partial charge in [-0.15, -0.1) is 0 Å². The minimum atomic E-state index is -0.0509. The van der Waals surface area contributed by atoms with Crippen molar-refractivity contribution in [3.8, 4) is 11.3 Å². The number of anilines is 1. The zero-order chi connectivity index (χ0) is 16.7. The van der Waals surface area contributed by atoms with Crippen LogP contribution < -0.4 is 4.90 Å². The summed E-state index contributed by atoms with van der Waals surface area (Å²) in [5, 5.41) is 4.14. The Kier molecular flexibility index (Phi) is 3.45. The molecule has 1 amide bonds. The summed E-state index contributed by atoms with van der Waals surface area (Å²) in [5.74, 6) is 0.500. The fourth-order valence-electron chi connectivity index (χ4n) is 3.41. The van der Waals surface area contributed by atoms with Crippen LogP contribution in [-0.4, -0.2) is 17.1 Å². The molecule has 0 bridgehead atoms. The van der Waals surface area contributed by atoms with E-state index in [9.17, 15) is 4.79 Å². The molecule has 4 heteroatoms. The van der Waals surface area contributed by atoms with Crippen LogP contribution in [0.15, 0.2) is 59.1 Å². The lowest BCUT2D eigenvalue weighted by molar-refractivity contribution is 0.0980. The topological polar surface area (TPSA) is 46.3 Å². The van der Waals surface area contributed by atoms with E-state index in [0.717, 1.165) is 17.7 Å². The van der Waals surface area contributed by atoms with Crippen LogP contribution in [0.5, 0.6) is 0 Å². The zero-order valence-corrected chi connectivity index (χ0v) is 13.7. The van der Waals surface area contributed by atoms with Crippen molar-refractivity contribution < 1.29 is 9.32 Å². The Morgan fingerprint density at radius 2 is 1.83 bits per heavy atom. The molecule has 0 spiro atoms. The summed E-state index contributed by atoms with van der Waals surface area (Å²) in [6.07, 6.45) is 0.868. The fourth-order valence-corrected chi connectivity index (χ4v) is 3.41. The van der Waals surface area contributed by atoms with Crippen LogP contribution in [0.3, 0.4) is 0 Å². The number of nitrogens with zero attached hydrogens (tertiary/aromatic N) is 2. The number of aryl methyl sites for hydroxylation is 1. The maximum absolute atomic E-state index is 13.3. The molecule has 0 N–H and O–H groups in total. The maximum atomic E-state index is 13.3. The number of para-hydroxylation sites is 1. The first kappa shape index (κ1) is 14.7. The maximum Gasteiger partial charge on any atom is 0.264 e. The highest BCUT2D eigenvalue weighted by atomic mass is 16.5. The number of benzene rings is 2. The molecule has 0 saturated carbocycles. The molecule has 0 radical (unpaired) electrons. The predicted molar refractivity (Wildman–Crippen MR) is 93.1 cm³/mol. The molecule has 4 nitrogen and oxygen atoms in total. The Labute approximate surface area is 140 Å². The summed E-state index contributed by atoms with van der Waals surface area (Å²) in [6.45, 7) is 3.86. The van der Waals surface area contributed by atoms with Crippen molar-refractivity contribution in [2.45, 2.75) is 26.3 Å². The molecule has 24 heavy (non-hydrogen) atoms. The third kappa shape index (κ3) is 2.22. The van der Waals surface area contributed by atoms with Gasteiger partial charge in [0, 0.05) is 17.3 Å². The Bertz CT molecular complexity index is 899. The predicted octanol–water partition coefficient (Wildman–Crippen LogP) is 4.24. The first-order chi connectivity index (χ1) is 11.7. The molecule has 0 fully saturated rings. The zero-order valence-electron chi connectivity index (χ0n) is 13.7. The Morgan fingerprint density at radius 3 is 2.62 bits per heavy atom. The first-order valence-electron chi connectivity index (χ1n) is 8.10. The first-order valence-corrected chi connectivity index (χ1v) is 8.10. The molecule has 1 atom stereocenters. The van der Waals surface area contributed by atoms with E-state index in [4.69, 9.17) is 4.52 Å². The number of hydrogen-bond acceptors (Lipinski definition) is 3. The van der Waals surface area contributed by atoms with Crippen LogP contribution in [0, 0.1) is 6.92 Å². The van der Waals surface area contributed by atoms with E-state index in [1.54, 1.807) is 6.92 Å². The van der Waals surface area contributed by atoms with E-state index in [-0.39, 0.29) is 11.9 Å². The van der Waals surface area contributed by atoms with E-state index in [1.807, 2.05) is 53.4 Å². The lowest BCUT2D eigenvalue weighted by Crippen LogP contribution is -2.36. The monoisotopic (exact) mass is 318 g/mol. The highest BCUT2D eigenvalue weighted by Gasteiger charge is 2.34. The van der Waals surface area contributed by atoms with Gasteiger partial charge in [-0.3, -0.25) is 4.79 Å². The van der Waals surface area contributed by atoms with Gasteiger partial charge in [-0.05, 0) is 31.9 Å². The van der Waals surface area contributed by atoms with Crippen LogP contribution in [0.1, 0.15) is 28.6 Å². The molecule has 0 aliphatic carbocycles. The van der Waals surface area contributed by atoms with Crippen molar-refractivity contribution in [3.05, 3.63) is 71.5 Å². The Balaban J connectivity index is 1.81. The number of carbonyl (C=O) groups excluding carboxylic acids is 1. The summed E-state index contributed by atoms with van der Waals surface area (Å²) in [7, 11) is 0. The van der Waals surface area contributed by atoms with E-state index < -0.39 is 0 Å². The molecule has 1 unspecified atom stereocenters. The van der Waals surface area contributed by atoms with Crippen LogP contribution in [0.4, 0.5) is 5.69 Å². The van der Waals surface area contributed by atoms with Crippen LogP contribution in [0.25, 0.3) is 11.3 Å². The molecular weight excluding hydrogens is 300 g/mol. The van der Waals surface area contributed by atoms with Gasteiger partial charge < -0.3 is 9.42 Å². The smallest absolute Gasteiger partial charge is 0.264 e. The van der Waals surface area contributed by atoms with Crippen molar-refractivity contribution in [1.29, 1.82) is 0 Å². The molecule has 1 aromatic heterocycles. The number of fused-ring (bicyclic) bond motifs is 1. The largest absolute Gasteiger partial charge is 0.360 e. The number of hydrogen-bond donors (Lipinski definition) is 0. The van der Waals surface area contributed by atoms with Crippen LogP contribution in [-0.2, 0) is 6.42 Å². The van der Waals surface area contributed by atoms with Gasteiger partial charge >= 0.3 is 0 Å². The highest BCUT2D eigenvalue weighted by Crippen LogP contribution is 2.35. The molecule has 1 aliphatic heterocycles. The summed E-state index contributed by atoms with van der Waals surface area (Å²) in [5.41, 5.74) is 4.22. The van der Waals surface area contributed by atoms with Gasteiger partial charge in [-0.1, -0.05) is 53.7 Å². The van der Waals surface area contributed by atoms with Gasteiger partial charge in [0.05, 0.1) is 0 Å². The third-order valence-corrected chi connectivity index (χ3v) is 4.55. The molecule has 0 saturated heterocycles. The second-order valence-corrected chi connectivity index (χ2v) is 6.19. The standard InChI is InChI=1S/C20H18N2O2/c1-13-12-16-10-6-7-11-17(16)22(13)20(23)18-14(2)24-21-19(18)15-8-4-3-5-9-15/h3-11,13H,12H2,1-2H3. The average molecular weight is 318 g/mol. The Morgan fingerprint density at radius 1 is 1.12 bits per heavy atom. The normalized spacial score (nSPS) is 16.2. The minimum Gasteiger partial charge on any atom is -0.360 e. The second-order valence-electron chi connectivity index (χ2n) is 6.19. The molecular formula is C20H18N2O2. The van der Waals surface area contributed by atoms with Gasteiger partial charge in [0.15, 0.2) is 0 Å². The molecule has 2 aromatic carbocycles. The summed E-state index contributed by atoms with van der Waals surface area (Å²) < 4.78 is 5.36. The highest BCUT2D eigenvalue weighted by molar-refractivity contribution is 6.11. The Hall–Kier alpha value is -2.88. The number of aromatic nitrogens is 1. The second kappa shape index (κ2) is 5.64. The van der Waals surface area contributed by atoms with Crippen molar-refractivity contribution in [2.24, 2.45) is 0 Å². The summed E-state index contributed by atoms with van der Waals surface area (Å²) >= 11 is 0. The van der Waals surface area contributed by atoms with Gasteiger partial charge in [0.2, 0.25) is 0 Å². The van der Waals surface area contributed by atoms with Gasteiger partial charge in [-0.25, -0.2) is 0 Å². The molecule has 2 heterocycles. The average Bonchev–Trinajstić information content (AvgIpc) is 3.14. The molecule has 1 aliphatic rings. The van der Waals surface area contributed by atoms with E-state index in [0.29, 0.717) is 17.0 Å². The summed E-state index contributed by atoms with van der Waals surface area (Å²) in [4.78, 5) is 15.2. The van der Waals surface area contributed by atoms with Gasteiger partial charge in [0.25, 0.3) is 5.91 Å². The van der Waals surface area contributed by atoms with E-state index in [2.05, 4.69) is 18.1 Å². The van der Waals surface area contributed by atoms with Crippen molar-refractivity contribution in [1.82, 2.24) is 5.16 Å². The molecule has 3 aromatic rings. The fraction of sp³-hybridized carbons (Fsp3) is 0.200. The van der Waals surface area contributed by atoms with Gasteiger partial charge in [-0.2, -0.15) is 0 Å². The van der Waals surface area contributed by atoms with E-state index in [1.165, 1.54) is 5.56 Å². The SMILES string of the molecule is Cc1onc(-c2ccccc2)c1C(=O)N1c2ccccc2CC1C. The quantitative estimate of drug-likeness (QED) is 0.710. The van der Waals surface area contributed by atoms with Crippen molar-refractivity contribution in [2.75, 3.05) is 4.90 Å². The third-order valence-electron chi connectivity index (χ3n) is 4.55. The van der Waals surface area contributed by atoms with Crippen molar-refractivity contribution in [3.63, 3.8) is 0 Å². The van der Waals surface area contributed by atoms with E-state index >= 15 is 0 Å². The molecule has 4 rings (SSSR count). The lowest BCUT2D eigenvalue weighted by atomic mass is 10.0. The van der Waals surface area contributed by atoms with Crippen LogP contribution >= 0.6 is 0 Å².